The standard InChI is InChI=1S/C25H36N4O3/c1-6-32-23-16-19(11-14-22(23)31-5)8-7-15-27-25(26-4)28-17-20-9-12-21(13-10-20)29-24(30)18(2)3/h9-14,16,18H,6-8,15,17H2,1-5H3,(H,29,30)(H2,26,27,28). The van der Waals surface area contributed by atoms with E-state index in [0.29, 0.717) is 13.2 Å². The molecule has 2 rings (SSSR count). The number of carbonyl (C=O) groups is 1. The van der Waals surface area contributed by atoms with Crippen LogP contribution in [0.4, 0.5) is 5.69 Å². The van der Waals surface area contributed by atoms with Crippen LogP contribution >= 0.6 is 0 Å². The predicted molar refractivity (Wildman–Crippen MR) is 131 cm³/mol. The van der Waals surface area contributed by atoms with Crippen LogP contribution in [0.2, 0.25) is 0 Å². The molecule has 0 saturated carbocycles. The fourth-order valence-corrected chi connectivity index (χ4v) is 3.04. The van der Waals surface area contributed by atoms with E-state index >= 15 is 0 Å². The molecule has 0 saturated heterocycles. The van der Waals surface area contributed by atoms with Crippen molar-refractivity contribution in [3.8, 4) is 11.5 Å². The Morgan fingerprint density at radius 3 is 2.38 bits per heavy atom. The summed E-state index contributed by atoms with van der Waals surface area (Å²) in [7, 11) is 3.41. The number of guanidine groups is 1. The van der Waals surface area contributed by atoms with Crippen LogP contribution in [0.5, 0.6) is 11.5 Å². The molecule has 2 aromatic carbocycles. The first kappa shape index (κ1) is 25.0. The highest BCUT2D eigenvalue weighted by Crippen LogP contribution is 2.28. The largest absolute Gasteiger partial charge is 0.493 e. The zero-order valence-electron chi connectivity index (χ0n) is 19.8. The molecule has 0 aromatic heterocycles. The summed E-state index contributed by atoms with van der Waals surface area (Å²) >= 11 is 0. The van der Waals surface area contributed by atoms with Gasteiger partial charge in [-0.1, -0.05) is 32.0 Å². The molecule has 0 heterocycles. The Balaban J connectivity index is 1.75. The fourth-order valence-electron chi connectivity index (χ4n) is 3.04. The van der Waals surface area contributed by atoms with E-state index in [2.05, 4.69) is 27.0 Å². The Labute approximate surface area is 191 Å². The number of carbonyl (C=O) groups excluding carboxylic acids is 1. The first-order chi connectivity index (χ1) is 15.5. The van der Waals surface area contributed by atoms with E-state index in [1.807, 2.05) is 57.2 Å². The van der Waals surface area contributed by atoms with E-state index in [4.69, 9.17) is 9.47 Å². The van der Waals surface area contributed by atoms with Crippen molar-refractivity contribution < 1.29 is 14.3 Å². The SMILES string of the molecule is CCOc1cc(CCCNC(=NC)NCc2ccc(NC(=O)C(C)C)cc2)ccc1OC. The van der Waals surface area contributed by atoms with Gasteiger partial charge in [-0.05, 0) is 55.2 Å². The number of aryl methyl sites for hydroxylation is 1. The Hall–Kier alpha value is -3.22. The molecule has 0 aliphatic rings. The topological polar surface area (TPSA) is 84.0 Å². The minimum Gasteiger partial charge on any atom is -0.493 e. The van der Waals surface area contributed by atoms with E-state index in [9.17, 15) is 4.79 Å². The molecule has 0 aliphatic heterocycles. The van der Waals surface area contributed by atoms with Crippen molar-refractivity contribution in [1.29, 1.82) is 0 Å². The number of aliphatic imine (C=N–C) groups is 1. The molecular weight excluding hydrogens is 404 g/mol. The lowest BCUT2D eigenvalue weighted by Gasteiger charge is -2.13. The summed E-state index contributed by atoms with van der Waals surface area (Å²) < 4.78 is 11.0. The van der Waals surface area contributed by atoms with Crippen LogP contribution < -0.4 is 25.4 Å². The smallest absolute Gasteiger partial charge is 0.226 e. The molecule has 0 aliphatic carbocycles. The summed E-state index contributed by atoms with van der Waals surface area (Å²) in [4.78, 5) is 16.1. The number of hydrogen-bond acceptors (Lipinski definition) is 4. The van der Waals surface area contributed by atoms with Gasteiger partial charge in [-0.15, -0.1) is 0 Å². The van der Waals surface area contributed by atoms with Gasteiger partial charge < -0.3 is 25.4 Å². The van der Waals surface area contributed by atoms with Gasteiger partial charge in [0.05, 0.1) is 13.7 Å². The van der Waals surface area contributed by atoms with Crippen LogP contribution in [0.1, 0.15) is 38.3 Å². The number of nitrogens with one attached hydrogen (secondary N) is 3. The molecule has 0 atom stereocenters. The Morgan fingerprint density at radius 2 is 1.75 bits per heavy atom. The van der Waals surface area contributed by atoms with Crippen molar-refractivity contribution >= 4 is 17.6 Å². The van der Waals surface area contributed by atoms with E-state index < -0.39 is 0 Å². The van der Waals surface area contributed by atoms with E-state index in [-0.39, 0.29) is 11.8 Å². The third-order valence-corrected chi connectivity index (χ3v) is 4.89. The van der Waals surface area contributed by atoms with Crippen molar-refractivity contribution in [2.45, 2.75) is 40.2 Å². The number of ether oxygens (including phenoxy) is 2. The number of methoxy groups -OCH3 is 1. The second-order valence-electron chi connectivity index (χ2n) is 7.72. The van der Waals surface area contributed by atoms with E-state index in [0.717, 1.165) is 48.1 Å². The first-order valence-corrected chi connectivity index (χ1v) is 11.1. The Morgan fingerprint density at radius 1 is 1.03 bits per heavy atom. The van der Waals surface area contributed by atoms with Crippen LogP contribution in [-0.2, 0) is 17.8 Å². The van der Waals surface area contributed by atoms with Gasteiger partial charge in [0.2, 0.25) is 5.91 Å². The zero-order chi connectivity index (χ0) is 23.3. The normalized spacial score (nSPS) is 11.2. The number of rotatable bonds is 11. The van der Waals surface area contributed by atoms with Crippen molar-refractivity contribution in [3.63, 3.8) is 0 Å². The van der Waals surface area contributed by atoms with Crippen LogP contribution in [0.3, 0.4) is 0 Å². The van der Waals surface area contributed by atoms with Gasteiger partial charge in [-0.2, -0.15) is 0 Å². The number of nitrogens with zero attached hydrogens (tertiary/aromatic N) is 1. The second kappa shape index (κ2) is 13.2. The van der Waals surface area contributed by atoms with Crippen molar-refractivity contribution in [1.82, 2.24) is 10.6 Å². The summed E-state index contributed by atoms with van der Waals surface area (Å²) in [5.41, 5.74) is 3.13. The van der Waals surface area contributed by atoms with Gasteiger partial charge >= 0.3 is 0 Å². The summed E-state index contributed by atoms with van der Waals surface area (Å²) in [6, 6.07) is 13.9. The van der Waals surface area contributed by atoms with Crippen molar-refractivity contribution in [2.24, 2.45) is 10.9 Å². The molecule has 7 nitrogen and oxygen atoms in total. The Bertz CT molecular complexity index is 879. The van der Waals surface area contributed by atoms with E-state index in [1.54, 1.807) is 14.2 Å². The molecule has 0 radical (unpaired) electrons. The molecule has 3 N–H and O–H groups in total. The minimum atomic E-state index is -0.0396. The highest BCUT2D eigenvalue weighted by molar-refractivity contribution is 5.92. The van der Waals surface area contributed by atoms with Gasteiger partial charge in [-0.25, -0.2) is 0 Å². The monoisotopic (exact) mass is 440 g/mol. The lowest BCUT2D eigenvalue weighted by Crippen LogP contribution is -2.37. The van der Waals surface area contributed by atoms with Gasteiger partial charge in [0.1, 0.15) is 0 Å². The molecule has 0 bridgehead atoms. The lowest BCUT2D eigenvalue weighted by atomic mass is 10.1. The van der Waals surface area contributed by atoms with Crippen LogP contribution in [0, 0.1) is 5.92 Å². The minimum absolute atomic E-state index is 0.0178. The molecule has 32 heavy (non-hydrogen) atoms. The summed E-state index contributed by atoms with van der Waals surface area (Å²) in [5, 5.41) is 9.57. The number of amides is 1. The third-order valence-electron chi connectivity index (χ3n) is 4.89. The molecule has 174 valence electrons. The van der Waals surface area contributed by atoms with Gasteiger partial charge in [0.15, 0.2) is 17.5 Å². The number of hydrogen-bond donors (Lipinski definition) is 3. The van der Waals surface area contributed by atoms with Crippen molar-refractivity contribution in [2.75, 3.05) is 32.6 Å². The number of anilines is 1. The highest BCUT2D eigenvalue weighted by atomic mass is 16.5. The average molecular weight is 441 g/mol. The number of benzene rings is 2. The van der Waals surface area contributed by atoms with Gasteiger partial charge in [0, 0.05) is 31.7 Å². The Kier molecular flexibility index (Phi) is 10.4. The highest BCUT2D eigenvalue weighted by Gasteiger charge is 2.07. The molecule has 0 unspecified atom stereocenters. The maximum absolute atomic E-state index is 11.8. The van der Waals surface area contributed by atoms with E-state index in [1.165, 1.54) is 5.56 Å². The molecule has 7 heteroatoms. The lowest BCUT2D eigenvalue weighted by molar-refractivity contribution is -0.118. The van der Waals surface area contributed by atoms with Gasteiger partial charge in [0.25, 0.3) is 0 Å². The van der Waals surface area contributed by atoms with Crippen molar-refractivity contribution in [3.05, 3.63) is 53.6 Å². The summed E-state index contributed by atoms with van der Waals surface area (Å²) in [6.45, 7) is 7.78. The van der Waals surface area contributed by atoms with Crippen LogP contribution in [0.15, 0.2) is 47.5 Å². The average Bonchev–Trinajstić information content (AvgIpc) is 2.80. The van der Waals surface area contributed by atoms with Crippen LogP contribution in [-0.4, -0.2) is 39.2 Å². The quantitative estimate of drug-likeness (QED) is 0.280. The predicted octanol–water partition coefficient (Wildman–Crippen LogP) is 3.99. The molecule has 1 amide bonds. The zero-order valence-corrected chi connectivity index (χ0v) is 19.8. The summed E-state index contributed by atoms with van der Waals surface area (Å²) in [6.07, 6.45) is 1.89. The molecule has 0 fully saturated rings. The third kappa shape index (κ3) is 8.13. The molecule has 0 spiro atoms. The molecular formula is C25H36N4O3. The second-order valence-corrected chi connectivity index (χ2v) is 7.72. The maximum atomic E-state index is 11.8. The van der Waals surface area contributed by atoms with Gasteiger partial charge in [-0.3, -0.25) is 9.79 Å². The fraction of sp³-hybridized carbons (Fsp3) is 0.440. The molecule has 2 aromatic rings. The summed E-state index contributed by atoms with van der Waals surface area (Å²) in [5.74, 6) is 2.28. The maximum Gasteiger partial charge on any atom is 0.226 e. The van der Waals surface area contributed by atoms with Crippen LogP contribution in [0.25, 0.3) is 0 Å². The first-order valence-electron chi connectivity index (χ1n) is 11.1.